The van der Waals surface area contributed by atoms with E-state index in [0.29, 0.717) is 11.3 Å². The molecule has 100 valence electrons. The standard InChI is InChI=1S/C16H24O2/c1-15(2,3)11-8-9-12(13(10-11)18-7)14(17)16(4,5)6/h8-10H,1-7H3. The van der Waals surface area contributed by atoms with E-state index in [0.717, 1.165) is 0 Å². The summed E-state index contributed by atoms with van der Waals surface area (Å²) in [6.07, 6.45) is 0. The number of ketones is 1. The lowest BCUT2D eigenvalue weighted by atomic mass is 9.83. The first-order chi connectivity index (χ1) is 8.07. The Morgan fingerprint density at radius 2 is 1.61 bits per heavy atom. The Morgan fingerprint density at radius 1 is 1.06 bits per heavy atom. The van der Waals surface area contributed by atoms with Gasteiger partial charge >= 0.3 is 0 Å². The minimum Gasteiger partial charge on any atom is -0.496 e. The Morgan fingerprint density at radius 3 is 2.00 bits per heavy atom. The van der Waals surface area contributed by atoms with Crippen LogP contribution in [0.4, 0.5) is 0 Å². The summed E-state index contributed by atoms with van der Waals surface area (Å²) in [5.74, 6) is 0.780. The molecule has 0 unspecified atom stereocenters. The molecular weight excluding hydrogens is 224 g/mol. The number of hydrogen-bond acceptors (Lipinski definition) is 2. The third kappa shape index (κ3) is 3.12. The number of benzene rings is 1. The highest BCUT2D eigenvalue weighted by atomic mass is 16.5. The van der Waals surface area contributed by atoms with E-state index in [1.807, 2.05) is 39.0 Å². The van der Waals surface area contributed by atoms with Crippen LogP contribution in [-0.4, -0.2) is 12.9 Å². The molecule has 0 fully saturated rings. The van der Waals surface area contributed by atoms with Gasteiger partial charge < -0.3 is 4.74 Å². The number of rotatable bonds is 2. The van der Waals surface area contributed by atoms with Gasteiger partial charge in [-0.25, -0.2) is 0 Å². The van der Waals surface area contributed by atoms with Crippen LogP contribution >= 0.6 is 0 Å². The molecule has 0 N–H and O–H groups in total. The lowest BCUT2D eigenvalue weighted by molar-refractivity contribution is 0.0855. The van der Waals surface area contributed by atoms with Gasteiger partial charge in [0, 0.05) is 5.41 Å². The number of hydrogen-bond donors (Lipinski definition) is 0. The molecular formula is C16H24O2. The molecule has 18 heavy (non-hydrogen) atoms. The van der Waals surface area contributed by atoms with Crippen molar-refractivity contribution < 1.29 is 9.53 Å². The van der Waals surface area contributed by atoms with Crippen LogP contribution in [0, 0.1) is 5.41 Å². The summed E-state index contributed by atoms with van der Waals surface area (Å²) in [5, 5.41) is 0. The van der Waals surface area contributed by atoms with E-state index in [4.69, 9.17) is 4.74 Å². The number of Topliss-reactive ketones (excluding diaryl/α,β-unsaturated/α-hetero) is 1. The summed E-state index contributed by atoms with van der Waals surface area (Å²) in [4.78, 5) is 12.3. The maximum Gasteiger partial charge on any atom is 0.171 e. The normalized spacial score (nSPS) is 12.4. The molecule has 0 bridgehead atoms. The summed E-state index contributed by atoms with van der Waals surface area (Å²) in [6.45, 7) is 12.2. The van der Waals surface area contributed by atoms with E-state index in [1.165, 1.54) is 5.56 Å². The number of carbonyl (C=O) groups is 1. The van der Waals surface area contributed by atoms with Gasteiger partial charge in [0.05, 0.1) is 12.7 Å². The van der Waals surface area contributed by atoms with Crippen molar-refractivity contribution in [2.24, 2.45) is 5.41 Å². The summed E-state index contributed by atoms with van der Waals surface area (Å²) in [5.41, 5.74) is 1.50. The molecule has 2 heteroatoms. The van der Waals surface area contributed by atoms with Crippen molar-refractivity contribution in [1.82, 2.24) is 0 Å². The van der Waals surface area contributed by atoms with Crippen LogP contribution in [0.2, 0.25) is 0 Å². The van der Waals surface area contributed by atoms with Crippen LogP contribution in [-0.2, 0) is 5.41 Å². The fourth-order valence-corrected chi connectivity index (χ4v) is 1.75. The second-order valence-corrected chi connectivity index (χ2v) is 6.74. The topological polar surface area (TPSA) is 26.3 Å². The van der Waals surface area contributed by atoms with Gasteiger partial charge in [0.25, 0.3) is 0 Å². The van der Waals surface area contributed by atoms with Crippen molar-refractivity contribution in [3.05, 3.63) is 29.3 Å². The van der Waals surface area contributed by atoms with Crippen molar-refractivity contribution >= 4 is 5.78 Å². The summed E-state index contributed by atoms with van der Waals surface area (Å²) in [7, 11) is 1.61. The zero-order chi connectivity index (χ0) is 14.1. The van der Waals surface area contributed by atoms with E-state index in [-0.39, 0.29) is 11.2 Å². The Bertz CT molecular complexity index is 445. The average molecular weight is 248 g/mol. The molecule has 0 spiro atoms. The van der Waals surface area contributed by atoms with E-state index in [1.54, 1.807) is 7.11 Å². The Balaban J connectivity index is 3.29. The maximum absolute atomic E-state index is 12.3. The van der Waals surface area contributed by atoms with Gasteiger partial charge in [0.2, 0.25) is 0 Å². The summed E-state index contributed by atoms with van der Waals surface area (Å²) in [6, 6.07) is 5.87. The van der Waals surface area contributed by atoms with Crippen LogP contribution in [0.1, 0.15) is 57.5 Å². The first-order valence-electron chi connectivity index (χ1n) is 6.30. The predicted octanol–water partition coefficient (Wildman–Crippen LogP) is 4.22. The zero-order valence-electron chi connectivity index (χ0n) is 12.5. The van der Waals surface area contributed by atoms with E-state index >= 15 is 0 Å². The third-order valence-electron chi connectivity index (χ3n) is 2.99. The lowest BCUT2D eigenvalue weighted by Crippen LogP contribution is -2.21. The van der Waals surface area contributed by atoms with Crippen molar-refractivity contribution in [3.8, 4) is 5.75 Å². The van der Waals surface area contributed by atoms with Gasteiger partial charge in [-0.3, -0.25) is 4.79 Å². The van der Waals surface area contributed by atoms with Gasteiger partial charge in [-0.2, -0.15) is 0 Å². The van der Waals surface area contributed by atoms with Gasteiger partial charge in [-0.15, -0.1) is 0 Å². The van der Waals surface area contributed by atoms with Crippen molar-refractivity contribution in [2.75, 3.05) is 7.11 Å². The molecule has 0 aliphatic heterocycles. The summed E-state index contributed by atoms with van der Waals surface area (Å²) < 4.78 is 5.38. The van der Waals surface area contributed by atoms with Crippen LogP contribution in [0.3, 0.4) is 0 Å². The van der Waals surface area contributed by atoms with E-state index < -0.39 is 5.41 Å². The third-order valence-corrected chi connectivity index (χ3v) is 2.99. The molecule has 0 saturated carbocycles. The predicted molar refractivity (Wildman–Crippen MR) is 75.5 cm³/mol. The first-order valence-corrected chi connectivity index (χ1v) is 6.30. The van der Waals surface area contributed by atoms with Gasteiger partial charge in [0.15, 0.2) is 5.78 Å². The van der Waals surface area contributed by atoms with Crippen LogP contribution in [0.25, 0.3) is 0 Å². The van der Waals surface area contributed by atoms with Crippen LogP contribution in [0.15, 0.2) is 18.2 Å². The molecule has 0 radical (unpaired) electrons. The lowest BCUT2D eigenvalue weighted by Gasteiger charge is -2.23. The van der Waals surface area contributed by atoms with E-state index in [9.17, 15) is 4.79 Å². The monoisotopic (exact) mass is 248 g/mol. The number of methoxy groups -OCH3 is 1. The molecule has 0 aliphatic rings. The number of carbonyl (C=O) groups excluding carboxylic acids is 1. The highest BCUT2D eigenvalue weighted by Crippen LogP contribution is 2.32. The minimum atomic E-state index is -0.392. The molecule has 0 saturated heterocycles. The van der Waals surface area contributed by atoms with Crippen molar-refractivity contribution in [2.45, 2.75) is 47.0 Å². The zero-order valence-corrected chi connectivity index (χ0v) is 12.5. The Hall–Kier alpha value is -1.31. The molecule has 0 atom stereocenters. The second-order valence-electron chi connectivity index (χ2n) is 6.74. The maximum atomic E-state index is 12.3. The van der Waals surface area contributed by atoms with Crippen LogP contribution < -0.4 is 4.74 Å². The molecule has 2 nitrogen and oxygen atoms in total. The van der Waals surface area contributed by atoms with Crippen molar-refractivity contribution in [3.63, 3.8) is 0 Å². The fraction of sp³-hybridized carbons (Fsp3) is 0.562. The van der Waals surface area contributed by atoms with E-state index in [2.05, 4.69) is 20.8 Å². The van der Waals surface area contributed by atoms with Crippen molar-refractivity contribution in [1.29, 1.82) is 0 Å². The van der Waals surface area contributed by atoms with Gasteiger partial charge in [0.1, 0.15) is 5.75 Å². The highest BCUT2D eigenvalue weighted by Gasteiger charge is 2.26. The quantitative estimate of drug-likeness (QED) is 0.732. The second kappa shape index (κ2) is 4.75. The Labute approximate surface area is 110 Å². The smallest absolute Gasteiger partial charge is 0.171 e. The molecule has 0 amide bonds. The first kappa shape index (κ1) is 14.7. The van der Waals surface area contributed by atoms with Gasteiger partial charge in [-0.05, 0) is 23.1 Å². The van der Waals surface area contributed by atoms with Gasteiger partial charge in [-0.1, -0.05) is 47.6 Å². The summed E-state index contributed by atoms with van der Waals surface area (Å²) >= 11 is 0. The number of ether oxygens (including phenoxy) is 1. The molecule has 1 aromatic rings. The SMILES string of the molecule is COc1cc(C(C)(C)C)ccc1C(=O)C(C)(C)C. The highest BCUT2D eigenvalue weighted by molar-refractivity contribution is 6.02. The minimum absolute atomic E-state index is 0.0522. The Kier molecular flexibility index (Phi) is 3.89. The van der Waals surface area contributed by atoms with Crippen LogP contribution in [0.5, 0.6) is 5.75 Å². The molecule has 0 aliphatic carbocycles. The largest absolute Gasteiger partial charge is 0.496 e. The fourth-order valence-electron chi connectivity index (χ4n) is 1.75. The molecule has 1 aromatic carbocycles. The molecule has 0 heterocycles. The molecule has 0 aromatic heterocycles. The molecule has 1 rings (SSSR count). The average Bonchev–Trinajstić information content (AvgIpc) is 2.24.